The highest BCUT2D eigenvalue weighted by atomic mass is 32.1. The molecule has 8 heteroatoms. The van der Waals surface area contributed by atoms with E-state index in [9.17, 15) is 9.59 Å². The van der Waals surface area contributed by atoms with Crippen LogP contribution in [0.3, 0.4) is 0 Å². The Bertz CT molecular complexity index is 1400. The molecular formula is C22H20N4O3S. The highest BCUT2D eigenvalue weighted by Crippen LogP contribution is 2.20. The summed E-state index contributed by atoms with van der Waals surface area (Å²) in [6.07, 6.45) is 3.11. The lowest BCUT2D eigenvalue weighted by molar-refractivity contribution is -0.116. The molecule has 2 aromatic carbocycles. The smallest absolute Gasteiger partial charge is 0.269 e. The van der Waals surface area contributed by atoms with Crippen LogP contribution in [0.25, 0.3) is 22.0 Å². The van der Waals surface area contributed by atoms with E-state index < -0.39 is 0 Å². The zero-order valence-corrected chi connectivity index (χ0v) is 17.1. The van der Waals surface area contributed by atoms with Crippen LogP contribution in [0.15, 0.2) is 51.7 Å². The molecule has 1 amide bonds. The van der Waals surface area contributed by atoms with Crippen LogP contribution >= 0.6 is 12.2 Å². The SMILES string of the molecule is O=C(CCn1c(=S)oc2ccccc21)Nc1ccc2nc3n(c(=O)c2c1)CCCC3. The van der Waals surface area contributed by atoms with Crippen molar-refractivity contribution in [1.29, 1.82) is 0 Å². The van der Waals surface area contributed by atoms with Crippen LogP contribution in [0.4, 0.5) is 5.69 Å². The first-order valence-corrected chi connectivity index (χ1v) is 10.4. The zero-order valence-electron chi connectivity index (χ0n) is 16.3. The van der Waals surface area contributed by atoms with E-state index in [1.54, 1.807) is 22.8 Å². The number of rotatable bonds is 4. The number of oxazole rings is 1. The molecule has 5 rings (SSSR count). The van der Waals surface area contributed by atoms with Gasteiger partial charge in [0, 0.05) is 31.6 Å². The Labute approximate surface area is 177 Å². The van der Waals surface area contributed by atoms with Crippen molar-refractivity contribution in [3.63, 3.8) is 0 Å². The summed E-state index contributed by atoms with van der Waals surface area (Å²) in [6, 6.07) is 12.8. The number of anilines is 1. The molecule has 2 aromatic heterocycles. The zero-order chi connectivity index (χ0) is 20.7. The van der Waals surface area contributed by atoms with Gasteiger partial charge in [0.1, 0.15) is 5.82 Å². The molecule has 0 saturated carbocycles. The number of nitrogens with zero attached hydrogens (tertiary/aromatic N) is 3. The third-order valence-electron chi connectivity index (χ3n) is 5.49. The normalized spacial score (nSPS) is 13.5. The number of benzene rings is 2. The maximum atomic E-state index is 12.8. The van der Waals surface area contributed by atoms with Crippen molar-refractivity contribution in [2.24, 2.45) is 0 Å². The maximum absolute atomic E-state index is 12.8. The lowest BCUT2D eigenvalue weighted by Gasteiger charge is -2.18. The van der Waals surface area contributed by atoms with E-state index in [4.69, 9.17) is 16.6 Å². The first-order chi connectivity index (χ1) is 14.6. The summed E-state index contributed by atoms with van der Waals surface area (Å²) in [6.45, 7) is 1.11. The van der Waals surface area contributed by atoms with Crippen LogP contribution in [-0.4, -0.2) is 20.0 Å². The third-order valence-corrected chi connectivity index (χ3v) is 5.79. The van der Waals surface area contributed by atoms with Crippen LogP contribution in [0.2, 0.25) is 0 Å². The Morgan fingerprint density at radius 3 is 2.97 bits per heavy atom. The fraction of sp³-hybridized carbons (Fsp3) is 0.273. The van der Waals surface area contributed by atoms with E-state index in [1.807, 2.05) is 28.8 Å². The summed E-state index contributed by atoms with van der Waals surface area (Å²) in [5, 5.41) is 3.41. The van der Waals surface area contributed by atoms with Gasteiger partial charge >= 0.3 is 0 Å². The van der Waals surface area contributed by atoms with Gasteiger partial charge in [-0.3, -0.25) is 18.7 Å². The van der Waals surface area contributed by atoms with Gasteiger partial charge in [-0.25, -0.2) is 4.98 Å². The Hall–Kier alpha value is -3.26. The van der Waals surface area contributed by atoms with Crippen LogP contribution in [-0.2, 0) is 24.3 Å². The predicted molar refractivity (Wildman–Crippen MR) is 117 cm³/mol. The second-order valence-electron chi connectivity index (χ2n) is 7.46. The fourth-order valence-corrected chi connectivity index (χ4v) is 4.26. The first kappa shape index (κ1) is 18.7. The number of aryl methyl sites for hydroxylation is 2. The molecule has 7 nitrogen and oxygen atoms in total. The van der Waals surface area contributed by atoms with Crippen molar-refractivity contribution in [1.82, 2.24) is 14.1 Å². The molecule has 0 atom stereocenters. The number of aromatic nitrogens is 3. The minimum Gasteiger partial charge on any atom is -0.429 e. The monoisotopic (exact) mass is 420 g/mol. The molecule has 0 fully saturated rings. The number of carbonyl (C=O) groups excluding carboxylic acids is 1. The fourth-order valence-electron chi connectivity index (χ4n) is 3.98. The summed E-state index contributed by atoms with van der Waals surface area (Å²) in [5.74, 6) is 0.687. The molecule has 0 radical (unpaired) electrons. The molecule has 3 heterocycles. The van der Waals surface area contributed by atoms with Gasteiger partial charge < -0.3 is 9.73 Å². The third kappa shape index (κ3) is 3.33. The Morgan fingerprint density at radius 1 is 1.20 bits per heavy atom. The number of fused-ring (bicyclic) bond motifs is 3. The molecule has 0 aliphatic carbocycles. The van der Waals surface area contributed by atoms with Gasteiger partial charge in [-0.2, -0.15) is 0 Å². The first-order valence-electron chi connectivity index (χ1n) is 10.0. The summed E-state index contributed by atoms with van der Waals surface area (Å²) < 4.78 is 9.12. The Morgan fingerprint density at radius 2 is 2.07 bits per heavy atom. The van der Waals surface area contributed by atoms with Gasteiger partial charge in [0.15, 0.2) is 5.58 Å². The quantitative estimate of drug-likeness (QED) is 0.504. The second-order valence-corrected chi connectivity index (χ2v) is 7.81. The van der Waals surface area contributed by atoms with E-state index >= 15 is 0 Å². The average Bonchev–Trinajstić information content (AvgIpc) is 3.08. The summed E-state index contributed by atoms with van der Waals surface area (Å²) >= 11 is 5.27. The topological polar surface area (TPSA) is 82.1 Å². The van der Waals surface area contributed by atoms with Crippen LogP contribution in [0.5, 0.6) is 0 Å². The molecule has 4 aromatic rings. The molecule has 0 unspecified atom stereocenters. The lowest BCUT2D eigenvalue weighted by atomic mass is 10.1. The molecule has 0 bridgehead atoms. The van der Waals surface area contributed by atoms with Crippen LogP contribution in [0.1, 0.15) is 25.1 Å². The lowest BCUT2D eigenvalue weighted by Crippen LogP contribution is -2.28. The minimum absolute atomic E-state index is 0.0398. The van der Waals surface area contributed by atoms with Crippen molar-refractivity contribution in [3.05, 3.63) is 63.5 Å². The van der Waals surface area contributed by atoms with Gasteiger partial charge in [0.05, 0.1) is 16.4 Å². The largest absolute Gasteiger partial charge is 0.429 e. The van der Waals surface area contributed by atoms with Crippen molar-refractivity contribution >= 4 is 45.8 Å². The predicted octanol–water partition coefficient (Wildman–Crippen LogP) is 4.04. The van der Waals surface area contributed by atoms with Crippen LogP contribution < -0.4 is 10.9 Å². The molecule has 152 valence electrons. The summed E-state index contributed by atoms with van der Waals surface area (Å²) in [4.78, 5) is 30.3. The van der Waals surface area contributed by atoms with E-state index in [0.29, 0.717) is 40.1 Å². The summed E-state index contributed by atoms with van der Waals surface area (Å²) in [7, 11) is 0. The standard InChI is InChI=1S/C22H20N4O3S/c27-20(10-12-25-17-5-1-2-6-18(17)29-22(25)30)23-14-8-9-16-15(13-14)21(28)26-11-4-3-7-19(26)24-16/h1-2,5-6,8-9,13H,3-4,7,10-12H2,(H,23,27). The molecule has 1 aliphatic heterocycles. The van der Waals surface area contributed by atoms with Gasteiger partial charge in [-0.15, -0.1) is 0 Å². The number of carbonyl (C=O) groups is 1. The maximum Gasteiger partial charge on any atom is 0.269 e. The van der Waals surface area contributed by atoms with Gasteiger partial charge in [0.25, 0.3) is 10.4 Å². The van der Waals surface area contributed by atoms with E-state index in [1.165, 1.54) is 0 Å². The van der Waals surface area contributed by atoms with E-state index in [-0.39, 0.29) is 17.9 Å². The number of nitrogens with one attached hydrogen (secondary N) is 1. The number of hydrogen-bond donors (Lipinski definition) is 1. The summed E-state index contributed by atoms with van der Waals surface area (Å²) in [5.41, 5.74) is 2.78. The van der Waals surface area contributed by atoms with Gasteiger partial charge in [0.2, 0.25) is 5.91 Å². The number of hydrogen-bond acceptors (Lipinski definition) is 5. The minimum atomic E-state index is -0.160. The second kappa shape index (κ2) is 7.53. The molecule has 0 spiro atoms. The van der Waals surface area contributed by atoms with Gasteiger partial charge in [-0.05, 0) is 55.4 Å². The molecular weight excluding hydrogens is 400 g/mol. The molecule has 1 aliphatic rings. The molecule has 30 heavy (non-hydrogen) atoms. The molecule has 0 saturated heterocycles. The van der Waals surface area contributed by atoms with Gasteiger partial charge in [-0.1, -0.05) is 12.1 Å². The number of para-hydroxylation sites is 2. The average molecular weight is 420 g/mol. The van der Waals surface area contributed by atoms with Crippen molar-refractivity contribution in [2.75, 3.05) is 5.32 Å². The van der Waals surface area contributed by atoms with Crippen molar-refractivity contribution < 1.29 is 9.21 Å². The highest BCUT2D eigenvalue weighted by Gasteiger charge is 2.15. The van der Waals surface area contributed by atoms with Crippen molar-refractivity contribution in [2.45, 2.75) is 38.8 Å². The Balaban J connectivity index is 1.35. The number of amides is 1. The highest BCUT2D eigenvalue weighted by molar-refractivity contribution is 7.71. The van der Waals surface area contributed by atoms with Crippen molar-refractivity contribution in [3.8, 4) is 0 Å². The van der Waals surface area contributed by atoms with E-state index in [0.717, 1.165) is 30.6 Å². The van der Waals surface area contributed by atoms with Crippen LogP contribution in [0, 0.1) is 4.84 Å². The molecule has 1 N–H and O–H groups in total. The van der Waals surface area contributed by atoms with E-state index in [2.05, 4.69) is 10.3 Å². The Kier molecular flexibility index (Phi) is 4.71.